The van der Waals surface area contributed by atoms with Crippen LogP contribution < -0.4 is 15.2 Å². The zero-order chi connectivity index (χ0) is 14.4. The molecule has 1 atom stereocenters. The number of para-hydroxylation sites is 2. The normalized spacial score (nSPS) is 11.9. The zero-order valence-electron chi connectivity index (χ0n) is 11.4. The van der Waals surface area contributed by atoms with Gasteiger partial charge in [-0.05, 0) is 24.7 Å². The van der Waals surface area contributed by atoms with E-state index < -0.39 is 0 Å². The van der Waals surface area contributed by atoms with Crippen LogP contribution in [0.15, 0.2) is 48.5 Å². The Bertz CT molecular complexity index is 560. The van der Waals surface area contributed by atoms with Crippen LogP contribution in [0.1, 0.15) is 18.1 Å². The van der Waals surface area contributed by atoms with Gasteiger partial charge in [-0.3, -0.25) is 0 Å². The van der Waals surface area contributed by atoms with Crippen molar-refractivity contribution >= 4 is 11.6 Å². The molecule has 4 heteroatoms. The van der Waals surface area contributed by atoms with E-state index in [4.69, 9.17) is 26.8 Å². The number of hydrogen-bond donors (Lipinski definition) is 1. The van der Waals surface area contributed by atoms with Crippen molar-refractivity contribution in [3.8, 4) is 11.5 Å². The molecule has 0 spiro atoms. The molecule has 0 aliphatic rings. The lowest BCUT2D eigenvalue weighted by Crippen LogP contribution is -2.14. The van der Waals surface area contributed by atoms with Crippen molar-refractivity contribution in [2.75, 3.05) is 13.7 Å². The highest BCUT2D eigenvalue weighted by molar-refractivity contribution is 6.31. The molecule has 0 aliphatic heterocycles. The van der Waals surface area contributed by atoms with E-state index in [2.05, 4.69) is 0 Å². The first-order chi connectivity index (χ1) is 9.76. The lowest BCUT2D eigenvalue weighted by atomic mass is 10.1. The smallest absolute Gasteiger partial charge is 0.162 e. The fourth-order valence-electron chi connectivity index (χ4n) is 2.03. The molecule has 0 heterocycles. The SMILES string of the molecule is COc1ccccc1OC(CCN)c1ccccc1Cl. The summed E-state index contributed by atoms with van der Waals surface area (Å²) in [5, 5.41) is 0.681. The predicted molar refractivity (Wildman–Crippen MR) is 81.5 cm³/mol. The highest BCUT2D eigenvalue weighted by Gasteiger charge is 2.17. The Morgan fingerprint density at radius 3 is 2.35 bits per heavy atom. The maximum Gasteiger partial charge on any atom is 0.162 e. The van der Waals surface area contributed by atoms with Gasteiger partial charge in [-0.25, -0.2) is 0 Å². The summed E-state index contributed by atoms with van der Waals surface area (Å²) in [5.74, 6) is 1.38. The molecule has 3 nitrogen and oxygen atoms in total. The molecule has 2 rings (SSSR count). The maximum atomic E-state index is 6.24. The van der Waals surface area contributed by atoms with Crippen molar-refractivity contribution in [1.29, 1.82) is 0 Å². The van der Waals surface area contributed by atoms with Crippen molar-refractivity contribution in [2.45, 2.75) is 12.5 Å². The highest BCUT2D eigenvalue weighted by Crippen LogP contribution is 2.34. The van der Waals surface area contributed by atoms with E-state index in [1.807, 2.05) is 48.5 Å². The number of rotatable bonds is 6. The van der Waals surface area contributed by atoms with Gasteiger partial charge in [0.05, 0.1) is 7.11 Å². The van der Waals surface area contributed by atoms with Crippen LogP contribution in [0.5, 0.6) is 11.5 Å². The van der Waals surface area contributed by atoms with Gasteiger partial charge in [0.1, 0.15) is 6.10 Å². The monoisotopic (exact) mass is 291 g/mol. The minimum atomic E-state index is -0.190. The lowest BCUT2D eigenvalue weighted by Gasteiger charge is -2.21. The first-order valence-corrected chi connectivity index (χ1v) is 6.88. The molecule has 0 fully saturated rings. The largest absolute Gasteiger partial charge is 0.493 e. The molecule has 0 saturated heterocycles. The summed E-state index contributed by atoms with van der Waals surface area (Å²) in [6.07, 6.45) is 0.493. The second kappa shape index (κ2) is 7.17. The first-order valence-electron chi connectivity index (χ1n) is 6.50. The van der Waals surface area contributed by atoms with E-state index in [0.717, 1.165) is 5.56 Å². The van der Waals surface area contributed by atoms with Gasteiger partial charge in [-0.1, -0.05) is 41.9 Å². The molecule has 0 bridgehead atoms. The Morgan fingerprint density at radius 2 is 1.70 bits per heavy atom. The molecule has 20 heavy (non-hydrogen) atoms. The van der Waals surface area contributed by atoms with Crippen molar-refractivity contribution in [3.63, 3.8) is 0 Å². The fourth-order valence-corrected chi connectivity index (χ4v) is 2.29. The highest BCUT2D eigenvalue weighted by atomic mass is 35.5. The number of benzene rings is 2. The zero-order valence-corrected chi connectivity index (χ0v) is 12.1. The van der Waals surface area contributed by atoms with Crippen LogP contribution in [0, 0.1) is 0 Å². The minimum absolute atomic E-state index is 0.190. The van der Waals surface area contributed by atoms with Gasteiger partial charge in [-0.2, -0.15) is 0 Å². The summed E-state index contributed by atoms with van der Waals surface area (Å²) < 4.78 is 11.4. The molecular weight excluding hydrogens is 274 g/mol. The molecular formula is C16H18ClNO2. The third-order valence-corrected chi connectivity index (χ3v) is 3.36. The summed E-state index contributed by atoms with van der Waals surface area (Å²) >= 11 is 6.24. The molecule has 0 aliphatic carbocycles. The summed E-state index contributed by atoms with van der Waals surface area (Å²) in [7, 11) is 1.62. The van der Waals surface area contributed by atoms with Gasteiger partial charge >= 0.3 is 0 Å². The molecule has 0 aromatic heterocycles. The van der Waals surface area contributed by atoms with E-state index in [-0.39, 0.29) is 6.10 Å². The van der Waals surface area contributed by atoms with Crippen LogP contribution >= 0.6 is 11.6 Å². The number of nitrogens with two attached hydrogens (primary N) is 1. The van der Waals surface area contributed by atoms with Crippen molar-refractivity contribution in [1.82, 2.24) is 0 Å². The Labute approximate surface area is 124 Å². The van der Waals surface area contributed by atoms with Gasteiger partial charge in [0.25, 0.3) is 0 Å². The van der Waals surface area contributed by atoms with Gasteiger partial charge in [0.15, 0.2) is 11.5 Å². The van der Waals surface area contributed by atoms with Crippen LogP contribution in [-0.4, -0.2) is 13.7 Å². The number of hydrogen-bond acceptors (Lipinski definition) is 3. The molecule has 1 unspecified atom stereocenters. The molecule has 0 saturated carbocycles. The Kier molecular flexibility index (Phi) is 5.27. The van der Waals surface area contributed by atoms with Crippen molar-refractivity contribution in [3.05, 3.63) is 59.1 Å². The molecule has 106 valence electrons. The summed E-state index contributed by atoms with van der Waals surface area (Å²) in [6, 6.07) is 15.2. The van der Waals surface area contributed by atoms with E-state index in [1.54, 1.807) is 7.11 Å². The quantitative estimate of drug-likeness (QED) is 0.880. The van der Waals surface area contributed by atoms with Crippen molar-refractivity contribution in [2.24, 2.45) is 5.73 Å². The molecule has 0 amide bonds. The number of methoxy groups -OCH3 is 1. The van der Waals surface area contributed by atoms with Crippen molar-refractivity contribution < 1.29 is 9.47 Å². The second-order valence-corrected chi connectivity index (χ2v) is 4.76. The Balaban J connectivity index is 2.28. The number of halogens is 1. The molecule has 2 N–H and O–H groups in total. The Hall–Kier alpha value is -1.71. The second-order valence-electron chi connectivity index (χ2n) is 4.36. The first kappa shape index (κ1) is 14.7. The van der Waals surface area contributed by atoms with E-state index >= 15 is 0 Å². The third kappa shape index (κ3) is 3.44. The average Bonchev–Trinajstić information content (AvgIpc) is 2.48. The third-order valence-electron chi connectivity index (χ3n) is 3.02. The molecule has 0 radical (unpaired) electrons. The van der Waals surface area contributed by atoms with Crippen LogP contribution in [-0.2, 0) is 0 Å². The standard InChI is InChI=1S/C16H18ClNO2/c1-19-15-8-4-5-9-16(15)20-14(10-11-18)12-6-2-3-7-13(12)17/h2-9,14H,10-11,18H2,1H3. The summed E-state index contributed by atoms with van der Waals surface area (Å²) in [6.45, 7) is 0.519. The van der Waals surface area contributed by atoms with Gasteiger partial charge in [0.2, 0.25) is 0 Å². The molecule has 2 aromatic rings. The van der Waals surface area contributed by atoms with Gasteiger partial charge in [-0.15, -0.1) is 0 Å². The predicted octanol–water partition coefficient (Wildman–Crippen LogP) is 3.82. The average molecular weight is 292 g/mol. The molecule has 2 aromatic carbocycles. The Morgan fingerprint density at radius 1 is 1.05 bits per heavy atom. The van der Waals surface area contributed by atoms with Crippen LogP contribution in [0.2, 0.25) is 5.02 Å². The van der Waals surface area contributed by atoms with Gasteiger partial charge in [0, 0.05) is 17.0 Å². The van der Waals surface area contributed by atoms with E-state index in [9.17, 15) is 0 Å². The maximum absolute atomic E-state index is 6.24. The summed E-state index contributed by atoms with van der Waals surface area (Å²) in [4.78, 5) is 0. The lowest BCUT2D eigenvalue weighted by molar-refractivity contribution is 0.189. The number of ether oxygens (including phenoxy) is 2. The van der Waals surface area contributed by atoms with E-state index in [1.165, 1.54) is 0 Å². The van der Waals surface area contributed by atoms with Crippen LogP contribution in [0.4, 0.5) is 0 Å². The summed E-state index contributed by atoms with van der Waals surface area (Å²) in [5.41, 5.74) is 6.62. The van der Waals surface area contributed by atoms with Crippen LogP contribution in [0.25, 0.3) is 0 Å². The fraction of sp³-hybridized carbons (Fsp3) is 0.250. The minimum Gasteiger partial charge on any atom is -0.493 e. The van der Waals surface area contributed by atoms with E-state index in [0.29, 0.717) is 29.5 Å². The van der Waals surface area contributed by atoms with Gasteiger partial charge < -0.3 is 15.2 Å². The van der Waals surface area contributed by atoms with Crippen LogP contribution in [0.3, 0.4) is 0 Å². The topological polar surface area (TPSA) is 44.5 Å².